The van der Waals surface area contributed by atoms with E-state index in [2.05, 4.69) is 0 Å². The Balaban J connectivity index is 2.02. The largest absolute Gasteiger partial charge is 0.478 e. The molecule has 1 fully saturated rings. The zero-order valence-electron chi connectivity index (χ0n) is 17.6. The highest BCUT2D eigenvalue weighted by Crippen LogP contribution is 2.45. The van der Waals surface area contributed by atoms with Gasteiger partial charge in [-0.25, -0.2) is 9.18 Å². The maximum absolute atomic E-state index is 14.3. The summed E-state index contributed by atoms with van der Waals surface area (Å²) in [6.07, 6.45) is -3.74. The third kappa shape index (κ3) is 3.70. The van der Waals surface area contributed by atoms with Gasteiger partial charge in [-0.3, -0.25) is 9.69 Å². The van der Waals surface area contributed by atoms with Gasteiger partial charge >= 0.3 is 12.1 Å². The van der Waals surface area contributed by atoms with Gasteiger partial charge < -0.3 is 10.0 Å². The molecular formula is C21H21F4N3O3S. The van der Waals surface area contributed by atoms with Gasteiger partial charge in [-0.2, -0.15) is 18.4 Å². The molecule has 0 aromatic rings. The van der Waals surface area contributed by atoms with Crippen molar-refractivity contribution in [3.8, 4) is 6.07 Å². The van der Waals surface area contributed by atoms with E-state index in [9.17, 15) is 27.2 Å². The molecule has 1 N–H and O–H groups in total. The highest BCUT2D eigenvalue weighted by atomic mass is 32.1. The second-order valence-electron chi connectivity index (χ2n) is 8.52. The highest BCUT2D eigenvalue weighted by molar-refractivity contribution is 7.80. The number of carbonyl (C=O) groups is 2. The van der Waals surface area contributed by atoms with Gasteiger partial charge in [0.1, 0.15) is 11.4 Å². The molecule has 1 aliphatic heterocycles. The molecule has 3 rings (SSSR count). The number of nitriles is 1. The van der Waals surface area contributed by atoms with Crippen molar-refractivity contribution in [2.75, 3.05) is 0 Å². The Bertz CT molecular complexity index is 1040. The Kier molecular flexibility index (Phi) is 5.97. The Morgan fingerprint density at radius 3 is 2.44 bits per heavy atom. The molecule has 1 saturated heterocycles. The molecule has 0 saturated carbocycles. The maximum atomic E-state index is 14.3. The van der Waals surface area contributed by atoms with Gasteiger partial charge in [-0.15, -0.1) is 0 Å². The van der Waals surface area contributed by atoms with Crippen molar-refractivity contribution in [2.45, 2.75) is 64.2 Å². The number of carbonyl (C=O) groups excluding carboxylic acids is 1. The number of aliphatic carboxylic acids is 1. The van der Waals surface area contributed by atoms with Crippen LogP contribution in [-0.2, 0) is 9.59 Å². The second-order valence-corrected chi connectivity index (χ2v) is 8.88. The van der Waals surface area contributed by atoms with Crippen LogP contribution in [0, 0.1) is 17.2 Å². The average molecular weight is 471 g/mol. The Labute approximate surface area is 187 Å². The molecular weight excluding hydrogens is 450 g/mol. The number of amides is 1. The van der Waals surface area contributed by atoms with E-state index in [-0.39, 0.29) is 47.6 Å². The predicted octanol–water partition coefficient (Wildman–Crippen LogP) is 4.36. The number of alkyl halides is 3. The standard InChI is InChI=1S/C21H21F4N3O3S/c1-10-15(7-4-11(9-26)16(10)21(23,24)25)27-18(31)20(2,3)28(19(27)32)12-5-6-13(17(29)30)14(22)8-12/h8,10,15H,4-7H2,1-3H3,(H,29,30). The molecule has 0 radical (unpaired) electrons. The third-order valence-corrected chi connectivity index (χ3v) is 6.66. The predicted molar refractivity (Wildman–Crippen MR) is 109 cm³/mol. The zero-order chi connectivity index (χ0) is 24.2. The average Bonchev–Trinajstić information content (AvgIpc) is 2.84. The number of allylic oxidation sites excluding steroid dienone is 4. The van der Waals surface area contributed by atoms with Gasteiger partial charge in [0, 0.05) is 23.2 Å². The molecule has 32 heavy (non-hydrogen) atoms. The topological polar surface area (TPSA) is 84.6 Å². The molecule has 0 spiro atoms. The van der Waals surface area contributed by atoms with Crippen LogP contribution < -0.4 is 0 Å². The first-order valence-corrected chi connectivity index (χ1v) is 10.3. The van der Waals surface area contributed by atoms with Crippen LogP contribution >= 0.6 is 12.2 Å². The lowest BCUT2D eigenvalue weighted by atomic mass is 9.79. The molecule has 1 amide bonds. The fourth-order valence-corrected chi connectivity index (χ4v) is 5.27. The minimum Gasteiger partial charge on any atom is -0.478 e. The number of hydrogen-bond acceptors (Lipinski definition) is 4. The van der Waals surface area contributed by atoms with Crippen LogP contribution in [0.2, 0.25) is 0 Å². The summed E-state index contributed by atoms with van der Waals surface area (Å²) < 4.78 is 55.4. The van der Waals surface area contributed by atoms with E-state index in [0.717, 1.165) is 11.0 Å². The van der Waals surface area contributed by atoms with Gasteiger partial charge in [0.2, 0.25) is 0 Å². The summed E-state index contributed by atoms with van der Waals surface area (Å²) in [7, 11) is 0. The summed E-state index contributed by atoms with van der Waals surface area (Å²) in [6.45, 7) is 4.38. The minimum absolute atomic E-state index is 0.0587. The summed E-state index contributed by atoms with van der Waals surface area (Å²) in [5.41, 5.74) is -2.71. The number of carboxylic acids is 1. The van der Waals surface area contributed by atoms with Gasteiger partial charge in [0.05, 0.1) is 17.2 Å². The summed E-state index contributed by atoms with van der Waals surface area (Å²) in [4.78, 5) is 27.0. The number of halogens is 4. The number of thiocarbonyl (C=S) groups is 1. The smallest absolute Gasteiger partial charge is 0.413 e. The van der Waals surface area contributed by atoms with Crippen molar-refractivity contribution in [1.29, 1.82) is 5.26 Å². The quantitative estimate of drug-likeness (QED) is 0.486. The molecule has 1 heterocycles. The molecule has 172 valence electrons. The SMILES string of the molecule is CC1C(C(F)(F)F)=C(C#N)CCC1N1C(=O)C(C)(C)N(C2=CC(F)=C(C(=O)O)CC2)C1=S. The van der Waals surface area contributed by atoms with Crippen molar-refractivity contribution in [3.05, 3.63) is 34.3 Å². The Morgan fingerprint density at radius 1 is 1.31 bits per heavy atom. The Hall–Kier alpha value is -2.74. The first kappa shape index (κ1) is 23.9. The number of rotatable bonds is 3. The fraction of sp³-hybridized carbons (Fsp3) is 0.524. The fourth-order valence-electron chi connectivity index (χ4n) is 4.70. The van der Waals surface area contributed by atoms with Crippen LogP contribution in [-0.4, -0.2) is 49.7 Å². The van der Waals surface area contributed by atoms with Crippen molar-refractivity contribution in [3.63, 3.8) is 0 Å². The van der Waals surface area contributed by atoms with Crippen LogP contribution in [0.25, 0.3) is 0 Å². The second kappa shape index (κ2) is 7.99. The molecule has 2 unspecified atom stereocenters. The van der Waals surface area contributed by atoms with Gasteiger partial charge in [-0.1, -0.05) is 6.92 Å². The molecule has 2 aliphatic carbocycles. The minimum atomic E-state index is -4.73. The first-order chi connectivity index (χ1) is 14.7. The van der Waals surface area contributed by atoms with Crippen molar-refractivity contribution in [1.82, 2.24) is 9.80 Å². The van der Waals surface area contributed by atoms with Crippen LogP contribution in [0.1, 0.15) is 46.5 Å². The third-order valence-electron chi connectivity index (χ3n) is 6.28. The van der Waals surface area contributed by atoms with E-state index >= 15 is 0 Å². The molecule has 3 aliphatic rings. The van der Waals surface area contributed by atoms with Crippen LogP contribution in [0.4, 0.5) is 17.6 Å². The zero-order valence-corrected chi connectivity index (χ0v) is 18.4. The van der Waals surface area contributed by atoms with Gasteiger partial charge in [0.15, 0.2) is 5.11 Å². The number of carboxylic acid groups (broad SMARTS) is 1. The monoisotopic (exact) mass is 471 g/mol. The molecule has 2 atom stereocenters. The number of nitrogens with zero attached hydrogens (tertiary/aromatic N) is 3. The van der Waals surface area contributed by atoms with E-state index in [1.807, 2.05) is 0 Å². The van der Waals surface area contributed by atoms with E-state index in [1.165, 1.54) is 25.7 Å². The van der Waals surface area contributed by atoms with Crippen LogP contribution in [0.15, 0.2) is 34.3 Å². The number of hydrogen-bond donors (Lipinski definition) is 1. The van der Waals surface area contributed by atoms with Crippen LogP contribution in [0.5, 0.6) is 0 Å². The summed E-state index contributed by atoms with van der Waals surface area (Å²) in [6, 6.07) is 0.705. The highest BCUT2D eigenvalue weighted by Gasteiger charge is 2.55. The van der Waals surface area contributed by atoms with Crippen LogP contribution in [0.3, 0.4) is 0 Å². The van der Waals surface area contributed by atoms with Crippen molar-refractivity contribution >= 4 is 29.2 Å². The molecule has 11 heteroatoms. The van der Waals surface area contributed by atoms with Crippen molar-refractivity contribution in [2.24, 2.45) is 5.92 Å². The van der Waals surface area contributed by atoms with Gasteiger partial charge in [0.25, 0.3) is 5.91 Å². The first-order valence-electron chi connectivity index (χ1n) is 9.94. The molecule has 0 aromatic heterocycles. The van der Waals surface area contributed by atoms with Crippen molar-refractivity contribution < 1.29 is 32.3 Å². The Morgan fingerprint density at radius 2 is 1.94 bits per heavy atom. The van der Waals surface area contributed by atoms with E-state index in [1.54, 1.807) is 6.07 Å². The normalized spacial score (nSPS) is 26.5. The molecule has 6 nitrogen and oxygen atoms in total. The van der Waals surface area contributed by atoms with E-state index in [4.69, 9.17) is 22.6 Å². The van der Waals surface area contributed by atoms with Gasteiger partial charge in [-0.05, 0) is 57.8 Å². The molecule has 0 bridgehead atoms. The lowest BCUT2D eigenvalue weighted by Crippen LogP contribution is -2.48. The summed E-state index contributed by atoms with van der Waals surface area (Å²) in [5.74, 6) is -4.05. The maximum Gasteiger partial charge on any atom is 0.413 e. The lowest BCUT2D eigenvalue weighted by Gasteiger charge is -2.38. The molecule has 0 aromatic carbocycles. The van der Waals surface area contributed by atoms with E-state index in [0.29, 0.717) is 0 Å². The summed E-state index contributed by atoms with van der Waals surface area (Å²) in [5, 5.41) is 18.2. The van der Waals surface area contributed by atoms with E-state index < -0.39 is 47.0 Å². The summed E-state index contributed by atoms with van der Waals surface area (Å²) >= 11 is 5.49. The lowest BCUT2D eigenvalue weighted by molar-refractivity contribution is -0.135.